The molecule has 0 N–H and O–H groups in total. The van der Waals surface area contributed by atoms with Crippen molar-refractivity contribution >= 4 is 0 Å². The van der Waals surface area contributed by atoms with Gasteiger partial charge in [-0.05, 0) is 32.6 Å². The van der Waals surface area contributed by atoms with E-state index in [9.17, 15) is 0 Å². The molecule has 4 heteroatoms. The molecule has 4 nitrogen and oxygen atoms in total. The van der Waals surface area contributed by atoms with Crippen molar-refractivity contribution in [1.29, 1.82) is 0 Å². The number of hydrogen-bond acceptors (Lipinski definition) is 4. The fourth-order valence-electron chi connectivity index (χ4n) is 6.56. The maximum atomic E-state index is 6.45. The average molecular weight is 294 g/mol. The maximum Gasteiger partial charge on any atom is 0.164 e. The Kier molecular flexibility index (Phi) is 2.12. The highest BCUT2D eigenvalue weighted by atomic mass is 16.8. The maximum absolute atomic E-state index is 6.45. The molecule has 5 aliphatic heterocycles. The highest BCUT2D eigenvalue weighted by Gasteiger charge is 2.82. The topological polar surface area (TPSA) is 36.9 Å². The Balaban J connectivity index is 1.62. The van der Waals surface area contributed by atoms with Crippen molar-refractivity contribution in [2.24, 2.45) is 23.2 Å². The van der Waals surface area contributed by atoms with Crippen LogP contribution in [0, 0.1) is 23.2 Å². The molecule has 0 spiro atoms. The van der Waals surface area contributed by atoms with Crippen molar-refractivity contribution in [3.8, 4) is 0 Å². The van der Waals surface area contributed by atoms with Crippen LogP contribution in [0.1, 0.15) is 41.5 Å². The molecule has 5 heterocycles. The molecule has 5 aliphatic rings. The molecular weight excluding hydrogens is 268 g/mol. The number of ether oxygens (including phenoxy) is 4. The van der Waals surface area contributed by atoms with E-state index in [1.54, 1.807) is 0 Å². The number of hydrogen-bond donors (Lipinski definition) is 0. The molecular formula is C17H26O4. The van der Waals surface area contributed by atoms with Gasteiger partial charge in [0.15, 0.2) is 5.79 Å². The minimum Gasteiger partial charge on any atom is -0.373 e. The molecule has 5 saturated heterocycles. The van der Waals surface area contributed by atoms with Crippen LogP contribution in [0.5, 0.6) is 0 Å². The minimum atomic E-state index is -0.508. The average Bonchev–Trinajstić information content (AvgIpc) is 3.03. The Labute approximate surface area is 126 Å². The Hall–Kier alpha value is -0.160. The quantitative estimate of drug-likeness (QED) is 0.687. The zero-order chi connectivity index (χ0) is 14.9. The lowest BCUT2D eigenvalue weighted by Crippen LogP contribution is -2.63. The number of fused-ring (bicyclic) bond motifs is 12. The van der Waals surface area contributed by atoms with Crippen molar-refractivity contribution in [2.75, 3.05) is 0 Å². The first-order valence-corrected chi connectivity index (χ1v) is 8.39. The Morgan fingerprint density at radius 3 is 2.24 bits per heavy atom. The largest absolute Gasteiger partial charge is 0.373 e. The van der Waals surface area contributed by atoms with Crippen molar-refractivity contribution in [3.05, 3.63) is 0 Å². The summed E-state index contributed by atoms with van der Waals surface area (Å²) in [5.74, 6) is 1.15. The van der Waals surface area contributed by atoms with Gasteiger partial charge < -0.3 is 18.9 Å². The summed E-state index contributed by atoms with van der Waals surface area (Å²) < 4.78 is 25.4. The lowest BCUT2D eigenvalue weighted by molar-refractivity contribution is -0.204. The molecule has 4 bridgehead atoms. The van der Waals surface area contributed by atoms with E-state index in [1.165, 1.54) is 0 Å². The van der Waals surface area contributed by atoms with E-state index in [2.05, 4.69) is 27.7 Å². The van der Waals surface area contributed by atoms with E-state index < -0.39 is 5.79 Å². The van der Waals surface area contributed by atoms with Crippen LogP contribution in [0.3, 0.4) is 0 Å². The fraction of sp³-hybridized carbons (Fsp3) is 1.00. The first-order valence-electron chi connectivity index (χ1n) is 8.39. The van der Waals surface area contributed by atoms with Gasteiger partial charge in [0.1, 0.15) is 11.7 Å². The molecule has 0 aliphatic carbocycles. The lowest BCUT2D eigenvalue weighted by Gasteiger charge is -2.49. The predicted molar refractivity (Wildman–Crippen MR) is 75.7 cm³/mol. The second-order valence-electron chi connectivity index (χ2n) is 8.84. The summed E-state index contributed by atoms with van der Waals surface area (Å²) in [6, 6.07) is 0. The van der Waals surface area contributed by atoms with Crippen LogP contribution < -0.4 is 0 Å². The first-order chi connectivity index (χ1) is 9.70. The molecule has 0 radical (unpaired) electrons. The molecule has 118 valence electrons. The van der Waals surface area contributed by atoms with Crippen molar-refractivity contribution < 1.29 is 18.9 Å². The zero-order valence-electron chi connectivity index (χ0n) is 13.8. The third-order valence-electron chi connectivity index (χ3n) is 7.29. The monoisotopic (exact) mass is 294 g/mol. The molecule has 0 amide bonds. The summed E-state index contributed by atoms with van der Waals surface area (Å²) in [6.45, 7) is 13.2. The van der Waals surface area contributed by atoms with Gasteiger partial charge in [0, 0.05) is 11.3 Å². The van der Waals surface area contributed by atoms with Crippen molar-refractivity contribution in [2.45, 2.75) is 83.5 Å². The third-order valence-corrected chi connectivity index (χ3v) is 7.29. The molecule has 10 atom stereocenters. The summed E-state index contributed by atoms with van der Waals surface area (Å²) in [4.78, 5) is 0. The van der Waals surface area contributed by atoms with Gasteiger partial charge in [-0.3, -0.25) is 0 Å². The van der Waals surface area contributed by atoms with Crippen molar-refractivity contribution in [3.63, 3.8) is 0 Å². The zero-order valence-corrected chi connectivity index (χ0v) is 13.8. The molecule has 0 aromatic rings. The van der Waals surface area contributed by atoms with Crippen LogP contribution in [0.15, 0.2) is 0 Å². The summed E-state index contributed by atoms with van der Waals surface area (Å²) in [7, 11) is 0. The summed E-state index contributed by atoms with van der Waals surface area (Å²) >= 11 is 0. The van der Waals surface area contributed by atoms with Crippen LogP contribution in [0.4, 0.5) is 0 Å². The lowest BCUT2D eigenvalue weighted by atomic mass is 9.52. The normalized spacial score (nSPS) is 69.4. The Bertz CT molecular complexity index is 519. The predicted octanol–water partition coefficient (Wildman–Crippen LogP) is 2.35. The molecule has 21 heavy (non-hydrogen) atoms. The smallest absolute Gasteiger partial charge is 0.164 e. The second kappa shape index (κ2) is 3.35. The van der Waals surface area contributed by atoms with E-state index >= 15 is 0 Å². The van der Waals surface area contributed by atoms with Gasteiger partial charge in [-0.15, -0.1) is 0 Å². The fourth-order valence-corrected chi connectivity index (χ4v) is 6.56. The number of rotatable bonds is 0. The summed E-state index contributed by atoms with van der Waals surface area (Å²) in [5, 5.41) is 0. The summed E-state index contributed by atoms with van der Waals surface area (Å²) in [6.07, 6.45) is 0.860. The van der Waals surface area contributed by atoms with E-state index in [0.717, 1.165) is 0 Å². The molecule has 0 aromatic carbocycles. The van der Waals surface area contributed by atoms with E-state index in [4.69, 9.17) is 18.9 Å². The van der Waals surface area contributed by atoms with Gasteiger partial charge in [0.05, 0.1) is 24.4 Å². The van der Waals surface area contributed by atoms with Crippen LogP contribution >= 0.6 is 0 Å². The minimum absolute atomic E-state index is 0.0426. The SMILES string of the molecule is CC1C(C)C2OC1C1C3OC(C4(C)OC(C)(C)OC34)C21C. The van der Waals surface area contributed by atoms with Gasteiger partial charge in [-0.1, -0.05) is 20.8 Å². The van der Waals surface area contributed by atoms with Gasteiger partial charge in [0.25, 0.3) is 0 Å². The molecule has 5 rings (SSSR count). The van der Waals surface area contributed by atoms with Crippen LogP contribution in [-0.4, -0.2) is 41.9 Å². The highest BCUT2D eigenvalue weighted by molar-refractivity contribution is 5.28. The van der Waals surface area contributed by atoms with Crippen LogP contribution in [-0.2, 0) is 18.9 Å². The van der Waals surface area contributed by atoms with E-state index in [0.29, 0.717) is 30.0 Å². The van der Waals surface area contributed by atoms with Crippen molar-refractivity contribution in [1.82, 2.24) is 0 Å². The standard InChI is InChI=1S/C17H26O4/c1-7-8(2)12-16(5)9(10(7)18-12)11-13-17(6,14(16)19-11)21-15(3,4)20-13/h7-14H,1-6H3. The van der Waals surface area contributed by atoms with Gasteiger partial charge in [-0.25, -0.2) is 0 Å². The first kappa shape index (κ1) is 13.3. The third kappa shape index (κ3) is 1.19. The highest BCUT2D eigenvalue weighted by Crippen LogP contribution is 2.71. The Morgan fingerprint density at radius 1 is 0.810 bits per heavy atom. The second-order valence-corrected chi connectivity index (χ2v) is 8.84. The van der Waals surface area contributed by atoms with Gasteiger partial charge in [-0.2, -0.15) is 0 Å². The van der Waals surface area contributed by atoms with E-state index in [1.807, 2.05) is 13.8 Å². The van der Waals surface area contributed by atoms with Gasteiger partial charge in [0.2, 0.25) is 0 Å². The summed E-state index contributed by atoms with van der Waals surface area (Å²) in [5.41, 5.74) is -0.271. The van der Waals surface area contributed by atoms with Crippen LogP contribution in [0.2, 0.25) is 0 Å². The van der Waals surface area contributed by atoms with Gasteiger partial charge >= 0.3 is 0 Å². The molecule has 5 fully saturated rings. The Morgan fingerprint density at radius 2 is 1.52 bits per heavy atom. The van der Waals surface area contributed by atoms with Crippen LogP contribution in [0.25, 0.3) is 0 Å². The molecule has 0 saturated carbocycles. The van der Waals surface area contributed by atoms with E-state index in [-0.39, 0.29) is 29.3 Å². The molecule has 10 unspecified atom stereocenters. The molecule has 0 aromatic heterocycles.